The van der Waals surface area contributed by atoms with Crippen LogP contribution in [0.4, 0.5) is 0 Å². The lowest BCUT2D eigenvalue weighted by Gasteiger charge is -2.19. The molecule has 2 amide bonds. The molecule has 8 nitrogen and oxygen atoms in total. The van der Waals surface area contributed by atoms with Gasteiger partial charge in [-0.15, -0.1) is 0 Å². The minimum absolute atomic E-state index is 0.156. The van der Waals surface area contributed by atoms with E-state index in [1.54, 1.807) is 48.5 Å². The third-order valence-corrected chi connectivity index (χ3v) is 6.43. The molecule has 1 atom stereocenters. The van der Waals surface area contributed by atoms with E-state index < -0.39 is 11.9 Å². The number of nitrogens with one attached hydrogen (secondary N) is 2. The van der Waals surface area contributed by atoms with Crippen molar-refractivity contribution < 1.29 is 19.1 Å². The van der Waals surface area contributed by atoms with E-state index in [2.05, 4.69) is 37.8 Å². The highest BCUT2D eigenvalue weighted by atomic mass is 79.9. The normalized spacial score (nSPS) is 11.6. The molecule has 2 N–H and O–H groups in total. The van der Waals surface area contributed by atoms with E-state index in [4.69, 9.17) is 21.1 Å². The maximum atomic E-state index is 12.9. The fourth-order valence-corrected chi connectivity index (χ4v) is 4.35. The van der Waals surface area contributed by atoms with Crippen LogP contribution in [-0.4, -0.2) is 31.2 Å². The lowest BCUT2D eigenvalue weighted by atomic mass is 10.0. The van der Waals surface area contributed by atoms with Gasteiger partial charge in [0.1, 0.15) is 12.6 Å². The summed E-state index contributed by atoms with van der Waals surface area (Å²) in [6.45, 7) is 4.11. The molecular formula is C29H28BrClN4O4. The molecule has 202 valence electrons. The van der Waals surface area contributed by atoms with Crippen LogP contribution in [0.3, 0.4) is 0 Å². The molecule has 3 rings (SSSR count). The zero-order valence-corrected chi connectivity index (χ0v) is 24.0. The molecule has 3 aromatic rings. The highest BCUT2D eigenvalue weighted by molar-refractivity contribution is 9.10. The Morgan fingerprint density at radius 3 is 2.54 bits per heavy atom. The van der Waals surface area contributed by atoms with Gasteiger partial charge in [-0.1, -0.05) is 43.6 Å². The van der Waals surface area contributed by atoms with Crippen molar-refractivity contribution in [2.45, 2.75) is 32.9 Å². The Kier molecular flexibility index (Phi) is 10.9. The topological polar surface area (TPSA) is 113 Å². The van der Waals surface area contributed by atoms with Gasteiger partial charge < -0.3 is 14.8 Å². The number of benzene rings is 3. The van der Waals surface area contributed by atoms with E-state index >= 15 is 0 Å². The predicted octanol–water partition coefficient (Wildman–Crippen LogP) is 5.86. The zero-order valence-electron chi connectivity index (χ0n) is 21.7. The number of hydrazone groups is 1. The number of methoxy groups -OCH3 is 1. The molecule has 0 spiro atoms. The zero-order chi connectivity index (χ0) is 28.4. The Balaban J connectivity index is 1.68. The Morgan fingerprint density at radius 2 is 1.87 bits per heavy atom. The largest absolute Gasteiger partial charge is 0.493 e. The van der Waals surface area contributed by atoms with Crippen molar-refractivity contribution in [3.8, 4) is 17.6 Å². The summed E-state index contributed by atoms with van der Waals surface area (Å²) in [5.74, 6) is 0.249. The third-order valence-electron chi connectivity index (χ3n) is 5.59. The Labute approximate surface area is 241 Å². The fourth-order valence-electron chi connectivity index (χ4n) is 3.65. The maximum Gasteiger partial charge on any atom is 0.262 e. The lowest BCUT2D eigenvalue weighted by molar-refractivity contribution is -0.123. The van der Waals surface area contributed by atoms with E-state index in [-0.39, 0.29) is 18.4 Å². The van der Waals surface area contributed by atoms with E-state index in [9.17, 15) is 14.9 Å². The SMILES string of the molecule is COc1cc(C=NNC(=O)C(CC(C)C)NC(=O)c2ccc(Cl)cc2)cc(Br)c1OCc1ccccc1C#N. The molecule has 39 heavy (non-hydrogen) atoms. The van der Waals surface area contributed by atoms with Crippen LogP contribution in [0.1, 0.15) is 47.3 Å². The van der Waals surface area contributed by atoms with E-state index in [1.165, 1.54) is 13.3 Å². The number of ether oxygens (including phenoxy) is 2. The van der Waals surface area contributed by atoms with Crippen LogP contribution in [0, 0.1) is 17.2 Å². The van der Waals surface area contributed by atoms with E-state index in [0.29, 0.717) is 44.1 Å². The van der Waals surface area contributed by atoms with E-state index in [0.717, 1.165) is 5.56 Å². The van der Waals surface area contributed by atoms with Crippen LogP contribution < -0.4 is 20.2 Å². The lowest BCUT2D eigenvalue weighted by Crippen LogP contribution is -2.46. The van der Waals surface area contributed by atoms with Gasteiger partial charge >= 0.3 is 0 Å². The number of amides is 2. The number of nitriles is 1. The van der Waals surface area contributed by atoms with Gasteiger partial charge in [0.05, 0.1) is 29.4 Å². The van der Waals surface area contributed by atoms with Crippen LogP contribution >= 0.6 is 27.5 Å². The number of hydrogen-bond donors (Lipinski definition) is 2. The van der Waals surface area contributed by atoms with Crippen LogP contribution in [0.25, 0.3) is 0 Å². The van der Waals surface area contributed by atoms with Crippen molar-refractivity contribution in [3.05, 3.63) is 92.4 Å². The first kappa shape index (κ1) is 29.7. The first-order valence-corrected chi connectivity index (χ1v) is 13.3. The van der Waals surface area contributed by atoms with Gasteiger partial charge in [-0.3, -0.25) is 9.59 Å². The Morgan fingerprint density at radius 1 is 1.15 bits per heavy atom. The Bertz CT molecular complexity index is 1390. The number of rotatable bonds is 11. The molecule has 0 aliphatic carbocycles. The summed E-state index contributed by atoms with van der Waals surface area (Å²) in [5.41, 5.74) is 4.83. The molecule has 0 heterocycles. The van der Waals surface area contributed by atoms with Crippen LogP contribution in [0.5, 0.6) is 11.5 Å². The third kappa shape index (κ3) is 8.57. The van der Waals surface area contributed by atoms with Gasteiger partial charge in [0, 0.05) is 16.1 Å². The molecular weight excluding hydrogens is 584 g/mol. The minimum Gasteiger partial charge on any atom is -0.493 e. The van der Waals surface area contributed by atoms with Crippen molar-refractivity contribution in [3.63, 3.8) is 0 Å². The monoisotopic (exact) mass is 610 g/mol. The fraction of sp³-hybridized carbons (Fsp3) is 0.241. The first-order chi connectivity index (χ1) is 18.7. The minimum atomic E-state index is -0.779. The molecule has 0 radical (unpaired) electrons. The number of nitrogens with zero attached hydrogens (tertiary/aromatic N) is 2. The number of carbonyl (C=O) groups is 2. The highest BCUT2D eigenvalue weighted by Crippen LogP contribution is 2.37. The van der Waals surface area contributed by atoms with Crippen molar-refractivity contribution >= 4 is 45.6 Å². The summed E-state index contributed by atoms with van der Waals surface area (Å²) in [6, 6.07) is 18.5. The molecule has 3 aromatic carbocycles. The second kappa shape index (κ2) is 14.3. The van der Waals surface area contributed by atoms with Crippen LogP contribution in [-0.2, 0) is 11.4 Å². The molecule has 0 saturated carbocycles. The van der Waals surface area contributed by atoms with Crippen LogP contribution in [0.2, 0.25) is 5.02 Å². The summed E-state index contributed by atoms with van der Waals surface area (Å²) in [7, 11) is 1.51. The van der Waals surface area contributed by atoms with E-state index in [1.807, 2.05) is 26.0 Å². The molecule has 0 bridgehead atoms. The standard InChI is InChI=1S/C29H28BrClN4O4/c1-18(2)12-25(34-28(36)20-8-10-23(31)11-9-20)29(37)35-33-16-19-13-24(30)27(26(14-19)38-3)39-17-22-7-5-4-6-21(22)15-32/h4-11,13-14,16,18,25H,12,17H2,1-3H3,(H,34,36)(H,35,37). The summed E-state index contributed by atoms with van der Waals surface area (Å²) >= 11 is 9.40. The number of halogens is 2. The second-order valence-corrected chi connectivity index (χ2v) is 10.3. The molecule has 0 aliphatic heterocycles. The van der Waals surface area contributed by atoms with Gasteiger partial charge in [-0.2, -0.15) is 10.4 Å². The average molecular weight is 612 g/mol. The summed E-state index contributed by atoms with van der Waals surface area (Å²) < 4.78 is 12.0. The Hall–Kier alpha value is -3.87. The van der Waals surface area contributed by atoms with Crippen LogP contribution in [0.15, 0.2) is 70.2 Å². The summed E-state index contributed by atoms with van der Waals surface area (Å²) in [5, 5.41) is 16.7. The molecule has 0 aromatic heterocycles. The van der Waals surface area contributed by atoms with Crippen molar-refractivity contribution in [1.82, 2.24) is 10.7 Å². The predicted molar refractivity (Wildman–Crippen MR) is 154 cm³/mol. The molecule has 0 aliphatic rings. The van der Waals surface area contributed by atoms with Gasteiger partial charge in [0.2, 0.25) is 0 Å². The van der Waals surface area contributed by atoms with Gasteiger partial charge in [-0.05, 0) is 76.3 Å². The van der Waals surface area contributed by atoms with Crippen molar-refractivity contribution in [2.24, 2.45) is 11.0 Å². The summed E-state index contributed by atoms with van der Waals surface area (Å²) in [4.78, 5) is 25.5. The number of carbonyl (C=O) groups excluding carboxylic acids is 2. The van der Waals surface area contributed by atoms with Gasteiger partial charge in [-0.25, -0.2) is 5.43 Å². The molecule has 10 heteroatoms. The molecule has 0 fully saturated rings. The quantitative estimate of drug-likeness (QED) is 0.208. The first-order valence-electron chi connectivity index (χ1n) is 12.1. The number of hydrogen-bond acceptors (Lipinski definition) is 6. The smallest absolute Gasteiger partial charge is 0.262 e. The second-order valence-electron chi connectivity index (χ2n) is 8.99. The van der Waals surface area contributed by atoms with Crippen molar-refractivity contribution in [1.29, 1.82) is 5.26 Å². The van der Waals surface area contributed by atoms with Crippen molar-refractivity contribution in [2.75, 3.05) is 7.11 Å². The maximum absolute atomic E-state index is 12.9. The average Bonchev–Trinajstić information content (AvgIpc) is 2.92. The highest BCUT2D eigenvalue weighted by Gasteiger charge is 2.22. The molecule has 0 saturated heterocycles. The van der Waals surface area contributed by atoms with Gasteiger partial charge in [0.25, 0.3) is 11.8 Å². The molecule has 1 unspecified atom stereocenters. The van der Waals surface area contributed by atoms with Gasteiger partial charge in [0.15, 0.2) is 11.5 Å². The summed E-state index contributed by atoms with van der Waals surface area (Å²) in [6.07, 6.45) is 1.90.